The van der Waals surface area contributed by atoms with Gasteiger partial charge in [-0.15, -0.1) is 0 Å². The van der Waals surface area contributed by atoms with Crippen LogP contribution in [0.2, 0.25) is 0 Å². The first-order valence-electron chi connectivity index (χ1n) is 8.33. The molecule has 3 nitrogen and oxygen atoms in total. The van der Waals surface area contributed by atoms with Crippen molar-refractivity contribution >= 4 is 0 Å². The molecule has 1 aliphatic rings. The van der Waals surface area contributed by atoms with Crippen molar-refractivity contribution in [2.45, 2.75) is 43.9 Å². The van der Waals surface area contributed by atoms with Crippen LogP contribution in [0.25, 0.3) is 0 Å². The monoisotopic (exact) mass is 329 g/mol. The second-order valence-corrected chi connectivity index (χ2v) is 6.87. The van der Waals surface area contributed by atoms with Gasteiger partial charge in [-0.05, 0) is 61.6 Å². The van der Waals surface area contributed by atoms with Crippen molar-refractivity contribution in [3.63, 3.8) is 0 Å². The minimum atomic E-state index is -0.696. The molecular formula is C20H24FNO2. The Morgan fingerprint density at radius 1 is 1.29 bits per heavy atom. The molecule has 24 heavy (non-hydrogen) atoms. The Hall–Kier alpha value is -1.91. The fraction of sp³-hybridized carbons (Fsp3) is 0.400. The van der Waals surface area contributed by atoms with E-state index in [1.165, 1.54) is 17.7 Å². The van der Waals surface area contributed by atoms with E-state index in [1.54, 1.807) is 19.2 Å². The van der Waals surface area contributed by atoms with E-state index in [4.69, 9.17) is 4.74 Å². The predicted octanol–water partition coefficient (Wildman–Crippen LogP) is 3.62. The third kappa shape index (κ3) is 3.77. The van der Waals surface area contributed by atoms with Gasteiger partial charge in [-0.2, -0.15) is 0 Å². The molecule has 0 unspecified atom stereocenters. The van der Waals surface area contributed by atoms with Crippen molar-refractivity contribution in [1.29, 1.82) is 0 Å². The average Bonchev–Trinajstić information content (AvgIpc) is 2.97. The lowest BCUT2D eigenvalue weighted by molar-refractivity contribution is 0.130. The van der Waals surface area contributed by atoms with Crippen LogP contribution in [-0.2, 0) is 6.42 Å². The third-order valence-electron chi connectivity index (χ3n) is 4.87. The van der Waals surface area contributed by atoms with Gasteiger partial charge in [0, 0.05) is 11.6 Å². The number of rotatable bonds is 5. The van der Waals surface area contributed by atoms with Crippen molar-refractivity contribution in [3.05, 3.63) is 65.5 Å². The predicted molar refractivity (Wildman–Crippen MR) is 92.6 cm³/mol. The summed E-state index contributed by atoms with van der Waals surface area (Å²) >= 11 is 0. The number of aliphatic hydroxyl groups is 1. The van der Waals surface area contributed by atoms with Crippen LogP contribution in [0.1, 0.15) is 37.0 Å². The zero-order valence-corrected chi connectivity index (χ0v) is 14.1. The number of benzene rings is 2. The molecule has 2 aromatic carbocycles. The standard InChI is InChI=1S/C20H24FNO2/c1-20(13-14-6-8-17(24-2)9-7-14)11-10-18(22-20)19(23)15-4-3-5-16(21)12-15/h3-9,12,18-19,22-23H,10-11,13H2,1-2H3/t18-,19+,20-/m1/s1. The largest absolute Gasteiger partial charge is 0.497 e. The fourth-order valence-electron chi connectivity index (χ4n) is 3.56. The lowest BCUT2D eigenvalue weighted by Gasteiger charge is -2.28. The van der Waals surface area contributed by atoms with Gasteiger partial charge in [0.05, 0.1) is 13.2 Å². The Balaban J connectivity index is 1.66. The molecule has 1 aliphatic heterocycles. The summed E-state index contributed by atoms with van der Waals surface area (Å²) in [6.45, 7) is 2.18. The lowest BCUT2D eigenvalue weighted by Crippen LogP contribution is -2.44. The maximum absolute atomic E-state index is 13.4. The second-order valence-electron chi connectivity index (χ2n) is 6.87. The molecule has 3 rings (SSSR count). The summed E-state index contributed by atoms with van der Waals surface area (Å²) in [6, 6.07) is 14.2. The van der Waals surface area contributed by atoms with Gasteiger partial charge in [0.2, 0.25) is 0 Å². The van der Waals surface area contributed by atoms with Crippen LogP contribution in [0.5, 0.6) is 5.75 Å². The van der Waals surface area contributed by atoms with Gasteiger partial charge in [0.15, 0.2) is 0 Å². The van der Waals surface area contributed by atoms with Crippen LogP contribution in [0.15, 0.2) is 48.5 Å². The molecule has 0 radical (unpaired) electrons. The van der Waals surface area contributed by atoms with Gasteiger partial charge in [-0.1, -0.05) is 24.3 Å². The maximum atomic E-state index is 13.4. The van der Waals surface area contributed by atoms with Gasteiger partial charge in [0.25, 0.3) is 0 Å². The fourth-order valence-corrected chi connectivity index (χ4v) is 3.56. The van der Waals surface area contributed by atoms with Crippen LogP contribution in [0.3, 0.4) is 0 Å². The number of ether oxygens (including phenoxy) is 1. The normalized spacial score (nSPS) is 24.8. The molecule has 1 heterocycles. The zero-order valence-electron chi connectivity index (χ0n) is 14.1. The van der Waals surface area contributed by atoms with Crippen LogP contribution >= 0.6 is 0 Å². The smallest absolute Gasteiger partial charge is 0.123 e. The van der Waals surface area contributed by atoms with E-state index < -0.39 is 6.10 Å². The highest BCUT2D eigenvalue weighted by Gasteiger charge is 2.37. The minimum Gasteiger partial charge on any atom is -0.497 e. The summed E-state index contributed by atoms with van der Waals surface area (Å²) in [6.07, 6.45) is 2.02. The zero-order chi connectivity index (χ0) is 17.2. The van der Waals surface area contributed by atoms with Gasteiger partial charge in [-0.3, -0.25) is 0 Å². The molecule has 0 bridgehead atoms. The first-order chi connectivity index (χ1) is 11.5. The third-order valence-corrected chi connectivity index (χ3v) is 4.87. The summed E-state index contributed by atoms with van der Waals surface area (Å²) in [7, 11) is 1.66. The highest BCUT2D eigenvalue weighted by atomic mass is 19.1. The number of hydrogen-bond acceptors (Lipinski definition) is 3. The van der Waals surface area contributed by atoms with E-state index in [0.717, 1.165) is 25.0 Å². The summed E-state index contributed by atoms with van der Waals surface area (Å²) in [5, 5.41) is 14.1. The van der Waals surface area contributed by atoms with E-state index in [1.807, 2.05) is 12.1 Å². The van der Waals surface area contributed by atoms with Crippen LogP contribution < -0.4 is 10.1 Å². The van der Waals surface area contributed by atoms with Crippen LogP contribution in [0, 0.1) is 5.82 Å². The van der Waals surface area contributed by atoms with E-state index in [2.05, 4.69) is 24.4 Å². The summed E-state index contributed by atoms with van der Waals surface area (Å²) < 4.78 is 18.6. The minimum absolute atomic E-state index is 0.0601. The molecule has 4 heteroatoms. The Bertz CT molecular complexity index is 688. The van der Waals surface area contributed by atoms with E-state index in [-0.39, 0.29) is 17.4 Å². The van der Waals surface area contributed by atoms with Gasteiger partial charge in [0.1, 0.15) is 11.6 Å². The Kier molecular flexibility index (Phi) is 4.88. The number of halogens is 1. The number of aliphatic hydroxyl groups excluding tert-OH is 1. The summed E-state index contributed by atoms with van der Waals surface area (Å²) in [5.41, 5.74) is 1.78. The topological polar surface area (TPSA) is 41.5 Å². The maximum Gasteiger partial charge on any atom is 0.123 e. The lowest BCUT2D eigenvalue weighted by atomic mass is 9.91. The number of nitrogens with one attached hydrogen (secondary N) is 1. The molecule has 2 aromatic rings. The molecule has 0 saturated carbocycles. The Morgan fingerprint density at radius 2 is 2.04 bits per heavy atom. The molecule has 1 saturated heterocycles. The van der Waals surface area contributed by atoms with Gasteiger partial charge in [-0.25, -0.2) is 4.39 Å². The number of methoxy groups -OCH3 is 1. The molecular weight excluding hydrogens is 305 g/mol. The van der Waals surface area contributed by atoms with Crippen molar-refractivity contribution in [2.75, 3.05) is 7.11 Å². The molecule has 0 spiro atoms. The molecule has 0 aliphatic carbocycles. The van der Waals surface area contributed by atoms with E-state index in [0.29, 0.717) is 5.56 Å². The first-order valence-corrected chi connectivity index (χ1v) is 8.33. The van der Waals surface area contributed by atoms with Crippen LogP contribution in [0.4, 0.5) is 4.39 Å². The van der Waals surface area contributed by atoms with Crippen LogP contribution in [-0.4, -0.2) is 23.8 Å². The van der Waals surface area contributed by atoms with Crippen molar-refractivity contribution in [2.24, 2.45) is 0 Å². The summed E-state index contributed by atoms with van der Waals surface area (Å²) in [5.74, 6) is 0.535. The molecule has 1 fully saturated rings. The average molecular weight is 329 g/mol. The summed E-state index contributed by atoms with van der Waals surface area (Å²) in [4.78, 5) is 0. The highest BCUT2D eigenvalue weighted by molar-refractivity contribution is 5.29. The van der Waals surface area contributed by atoms with Crippen molar-refractivity contribution < 1.29 is 14.2 Å². The Morgan fingerprint density at radius 3 is 2.71 bits per heavy atom. The van der Waals surface area contributed by atoms with Gasteiger partial charge >= 0.3 is 0 Å². The SMILES string of the molecule is COc1ccc(C[C@@]2(C)CC[C@H]([C@@H](O)c3cccc(F)c3)N2)cc1. The van der Waals surface area contributed by atoms with E-state index in [9.17, 15) is 9.50 Å². The molecule has 128 valence electrons. The molecule has 0 amide bonds. The highest BCUT2D eigenvalue weighted by Crippen LogP contribution is 2.33. The molecule has 2 N–H and O–H groups in total. The quantitative estimate of drug-likeness (QED) is 0.880. The first kappa shape index (κ1) is 16.9. The second kappa shape index (κ2) is 6.91. The molecule has 0 aromatic heterocycles. The number of hydrogen-bond donors (Lipinski definition) is 2. The van der Waals surface area contributed by atoms with E-state index >= 15 is 0 Å². The molecule has 3 atom stereocenters. The van der Waals surface area contributed by atoms with Crippen molar-refractivity contribution in [1.82, 2.24) is 5.32 Å². The van der Waals surface area contributed by atoms with Gasteiger partial charge < -0.3 is 15.2 Å². The van der Waals surface area contributed by atoms with Crippen molar-refractivity contribution in [3.8, 4) is 5.75 Å². The Labute approximate surface area is 142 Å².